The Morgan fingerprint density at radius 3 is 3.12 bits per heavy atom. The second kappa shape index (κ2) is 5.41. The lowest BCUT2D eigenvalue weighted by Gasteiger charge is -2.26. The van der Waals surface area contributed by atoms with Crippen molar-refractivity contribution in [3.05, 3.63) is 11.7 Å². The number of hydrogen-bond acceptors (Lipinski definition) is 5. The first-order valence-corrected chi connectivity index (χ1v) is 5.97. The maximum atomic E-state index is 5.06. The number of nitrogens with two attached hydrogens (primary N) is 1. The van der Waals surface area contributed by atoms with Gasteiger partial charge < -0.3 is 4.52 Å². The second-order valence-corrected chi connectivity index (χ2v) is 4.50. The molecule has 1 aliphatic carbocycles. The molecule has 90 valence electrons. The van der Waals surface area contributed by atoms with Crippen molar-refractivity contribution in [1.82, 2.24) is 10.1 Å². The standard InChI is InChI=1S/C11H19N3O2/c1-2-8-4-3-5-9(6-8)11-13-10(7-15-12)16-14-11/h8-9H,2-7,12H2,1H3. The van der Waals surface area contributed by atoms with Crippen LogP contribution in [0.15, 0.2) is 4.52 Å². The fraction of sp³-hybridized carbons (Fsp3) is 0.818. The molecule has 2 unspecified atom stereocenters. The van der Waals surface area contributed by atoms with Crippen molar-refractivity contribution in [2.24, 2.45) is 11.8 Å². The summed E-state index contributed by atoms with van der Waals surface area (Å²) in [6.45, 7) is 2.44. The van der Waals surface area contributed by atoms with Crippen LogP contribution in [0, 0.1) is 5.92 Å². The Balaban J connectivity index is 1.99. The smallest absolute Gasteiger partial charge is 0.254 e. The molecule has 1 saturated carbocycles. The fourth-order valence-corrected chi connectivity index (χ4v) is 2.46. The third-order valence-electron chi connectivity index (χ3n) is 3.42. The Hall–Kier alpha value is -0.940. The Morgan fingerprint density at radius 2 is 2.38 bits per heavy atom. The molecule has 5 nitrogen and oxygen atoms in total. The van der Waals surface area contributed by atoms with Crippen molar-refractivity contribution in [3.8, 4) is 0 Å². The first-order chi connectivity index (χ1) is 7.83. The van der Waals surface area contributed by atoms with Crippen LogP contribution < -0.4 is 5.90 Å². The molecule has 1 heterocycles. The molecule has 1 aromatic rings. The van der Waals surface area contributed by atoms with Gasteiger partial charge in [-0.15, -0.1) is 0 Å². The van der Waals surface area contributed by atoms with Gasteiger partial charge in [0.25, 0.3) is 5.89 Å². The van der Waals surface area contributed by atoms with Gasteiger partial charge in [-0.3, -0.25) is 4.84 Å². The van der Waals surface area contributed by atoms with Gasteiger partial charge in [-0.1, -0.05) is 31.3 Å². The third-order valence-corrected chi connectivity index (χ3v) is 3.42. The predicted molar refractivity (Wildman–Crippen MR) is 58.3 cm³/mol. The predicted octanol–water partition coefficient (Wildman–Crippen LogP) is 2.14. The average Bonchev–Trinajstić information content (AvgIpc) is 2.78. The van der Waals surface area contributed by atoms with Crippen LogP contribution in [0.5, 0.6) is 0 Å². The van der Waals surface area contributed by atoms with E-state index in [1.165, 1.54) is 32.1 Å². The largest absolute Gasteiger partial charge is 0.337 e. The molecular weight excluding hydrogens is 206 g/mol. The van der Waals surface area contributed by atoms with Crippen molar-refractivity contribution in [1.29, 1.82) is 0 Å². The van der Waals surface area contributed by atoms with E-state index < -0.39 is 0 Å². The molecular formula is C11H19N3O2. The fourth-order valence-electron chi connectivity index (χ4n) is 2.46. The summed E-state index contributed by atoms with van der Waals surface area (Å²) in [5.41, 5.74) is 0. The summed E-state index contributed by atoms with van der Waals surface area (Å²) in [7, 11) is 0. The summed E-state index contributed by atoms with van der Waals surface area (Å²) in [6, 6.07) is 0. The van der Waals surface area contributed by atoms with E-state index in [9.17, 15) is 0 Å². The lowest BCUT2D eigenvalue weighted by atomic mass is 9.80. The molecule has 2 rings (SSSR count). The van der Waals surface area contributed by atoms with Crippen LogP contribution in [0.2, 0.25) is 0 Å². The third kappa shape index (κ3) is 2.59. The van der Waals surface area contributed by atoms with Crippen LogP contribution >= 0.6 is 0 Å². The lowest BCUT2D eigenvalue weighted by molar-refractivity contribution is 0.0995. The minimum absolute atomic E-state index is 0.191. The first-order valence-electron chi connectivity index (χ1n) is 5.97. The normalized spacial score (nSPS) is 25.9. The molecule has 1 aromatic heterocycles. The topological polar surface area (TPSA) is 74.2 Å². The van der Waals surface area contributed by atoms with Crippen LogP contribution in [0.25, 0.3) is 0 Å². The zero-order valence-corrected chi connectivity index (χ0v) is 9.69. The van der Waals surface area contributed by atoms with E-state index in [1.54, 1.807) is 0 Å². The van der Waals surface area contributed by atoms with Crippen LogP contribution in [0.4, 0.5) is 0 Å². The highest BCUT2D eigenvalue weighted by atomic mass is 16.6. The second-order valence-electron chi connectivity index (χ2n) is 4.50. The SMILES string of the molecule is CCC1CCCC(c2noc(CON)n2)C1. The summed E-state index contributed by atoms with van der Waals surface area (Å²) in [4.78, 5) is 8.78. The van der Waals surface area contributed by atoms with Gasteiger partial charge in [0.2, 0.25) is 0 Å². The quantitative estimate of drug-likeness (QED) is 0.795. The van der Waals surface area contributed by atoms with Gasteiger partial charge in [-0.05, 0) is 18.8 Å². The van der Waals surface area contributed by atoms with Crippen molar-refractivity contribution >= 4 is 0 Å². The van der Waals surface area contributed by atoms with E-state index in [0.29, 0.717) is 11.8 Å². The molecule has 0 aliphatic heterocycles. The average molecular weight is 225 g/mol. The molecule has 0 radical (unpaired) electrons. The van der Waals surface area contributed by atoms with Crippen molar-refractivity contribution < 1.29 is 9.36 Å². The van der Waals surface area contributed by atoms with Gasteiger partial charge in [0.1, 0.15) is 6.61 Å². The molecule has 2 atom stereocenters. The number of nitrogens with zero attached hydrogens (tertiary/aromatic N) is 2. The summed E-state index contributed by atoms with van der Waals surface area (Å²) >= 11 is 0. The molecule has 5 heteroatoms. The highest BCUT2D eigenvalue weighted by Gasteiger charge is 2.25. The highest BCUT2D eigenvalue weighted by molar-refractivity contribution is 4.97. The van der Waals surface area contributed by atoms with E-state index in [0.717, 1.165) is 11.7 Å². The molecule has 0 aromatic carbocycles. The lowest BCUT2D eigenvalue weighted by Crippen LogP contribution is -2.14. The summed E-state index contributed by atoms with van der Waals surface area (Å²) in [6.07, 6.45) is 6.19. The Kier molecular flexibility index (Phi) is 3.90. The minimum Gasteiger partial charge on any atom is -0.337 e. The zero-order valence-electron chi connectivity index (χ0n) is 9.69. The molecule has 2 N–H and O–H groups in total. The number of aromatic nitrogens is 2. The Morgan fingerprint density at radius 1 is 1.50 bits per heavy atom. The summed E-state index contributed by atoms with van der Waals surface area (Å²) < 4.78 is 5.06. The maximum Gasteiger partial charge on any atom is 0.254 e. The Bertz CT molecular complexity index is 327. The van der Waals surface area contributed by atoms with E-state index in [2.05, 4.69) is 21.9 Å². The van der Waals surface area contributed by atoms with Crippen LogP contribution in [0.3, 0.4) is 0 Å². The van der Waals surface area contributed by atoms with Gasteiger partial charge in [-0.2, -0.15) is 4.98 Å². The number of hydrogen-bond donors (Lipinski definition) is 1. The van der Waals surface area contributed by atoms with Crippen LogP contribution in [-0.4, -0.2) is 10.1 Å². The monoisotopic (exact) mass is 225 g/mol. The molecule has 1 fully saturated rings. The van der Waals surface area contributed by atoms with Gasteiger partial charge in [0, 0.05) is 5.92 Å². The summed E-state index contributed by atoms with van der Waals surface area (Å²) in [5, 5.41) is 4.01. The Labute approximate surface area is 95.3 Å². The zero-order chi connectivity index (χ0) is 11.4. The van der Waals surface area contributed by atoms with Crippen LogP contribution in [-0.2, 0) is 11.4 Å². The first kappa shape index (κ1) is 11.5. The van der Waals surface area contributed by atoms with Gasteiger partial charge >= 0.3 is 0 Å². The van der Waals surface area contributed by atoms with E-state index in [1.807, 2.05) is 0 Å². The highest BCUT2D eigenvalue weighted by Crippen LogP contribution is 2.36. The van der Waals surface area contributed by atoms with Crippen molar-refractivity contribution in [2.45, 2.75) is 51.6 Å². The van der Waals surface area contributed by atoms with Gasteiger partial charge in [0.15, 0.2) is 5.82 Å². The number of rotatable bonds is 4. The molecule has 0 bridgehead atoms. The molecule has 16 heavy (non-hydrogen) atoms. The van der Waals surface area contributed by atoms with Crippen molar-refractivity contribution in [2.75, 3.05) is 0 Å². The molecule has 1 aliphatic rings. The molecule has 0 amide bonds. The summed E-state index contributed by atoms with van der Waals surface area (Å²) in [5.74, 6) is 7.52. The van der Waals surface area contributed by atoms with E-state index in [4.69, 9.17) is 10.4 Å². The van der Waals surface area contributed by atoms with E-state index >= 15 is 0 Å². The minimum atomic E-state index is 0.191. The van der Waals surface area contributed by atoms with Crippen molar-refractivity contribution in [3.63, 3.8) is 0 Å². The van der Waals surface area contributed by atoms with E-state index in [-0.39, 0.29) is 6.61 Å². The van der Waals surface area contributed by atoms with Crippen LogP contribution in [0.1, 0.15) is 56.7 Å². The van der Waals surface area contributed by atoms with Gasteiger partial charge in [-0.25, -0.2) is 5.90 Å². The molecule has 0 spiro atoms. The maximum absolute atomic E-state index is 5.06. The van der Waals surface area contributed by atoms with Gasteiger partial charge in [0.05, 0.1) is 0 Å². The molecule has 0 saturated heterocycles.